The second-order valence-corrected chi connectivity index (χ2v) is 3.94. The number of aliphatic hydroxyl groups excluding tert-OH is 1. The summed E-state index contributed by atoms with van der Waals surface area (Å²) in [6.07, 6.45) is 0. The Morgan fingerprint density at radius 3 is 2.71 bits per heavy atom. The first kappa shape index (κ1) is 11.3. The van der Waals surface area contributed by atoms with Gasteiger partial charge in [0.15, 0.2) is 4.90 Å². The van der Waals surface area contributed by atoms with Gasteiger partial charge in [0.2, 0.25) is 0 Å². The fourth-order valence-electron chi connectivity index (χ4n) is 1.21. The van der Waals surface area contributed by atoms with Gasteiger partial charge in [0, 0.05) is 13.6 Å². The highest BCUT2D eigenvalue weighted by molar-refractivity contribution is 7.89. The summed E-state index contributed by atoms with van der Waals surface area (Å²) in [6, 6.07) is 7.19. The van der Waals surface area contributed by atoms with Gasteiger partial charge in [0.05, 0.1) is 23.7 Å². The van der Waals surface area contributed by atoms with E-state index in [4.69, 9.17) is 10.2 Å². The van der Waals surface area contributed by atoms with Gasteiger partial charge in [-0.3, -0.25) is 0 Å². The zero-order valence-corrected chi connectivity index (χ0v) is 8.83. The molecule has 5 heteroatoms. The van der Waals surface area contributed by atoms with Gasteiger partial charge in [-0.15, -0.1) is 5.14 Å². The first-order valence-corrected chi connectivity index (χ1v) is 5.45. The average Bonchev–Trinajstić information content (AvgIpc) is 2.18. The number of hydrogen-bond acceptors (Lipinski definition) is 4. The highest BCUT2D eigenvalue weighted by atomic mass is 32.2. The van der Waals surface area contributed by atoms with Gasteiger partial charge in [0.1, 0.15) is 0 Å². The van der Waals surface area contributed by atoms with Crippen molar-refractivity contribution in [3.05, 3.63) is 24.3 Å². The third kappa shape index (κ3) is 2.62. The summed E-state index contributed by atoms with van der Waals surface area (Å²) >= 11 is -1.49. The summed E-state index contributed by atoms with van der Waals surface area (Å²) in [7, 11) is 1.82. The molecule has 1 aromatic carbocycles. The van der Waals surface area contributed by atoms with Crippen molar-refractivity contribution in [2.75, 3.05) is 25.1 Å². The van der Waals surface area contributed by atoms with E-state index in [2.05, 4.69) is 0 Å². The molecule has 0 amide bonds. The molecule has 4 nitrogen and oxygen atoms in total. The van der Waals surface area contributed by atoms with E-state index < -0.39 is 11.4 Å². The number of benzene rings is 1. The molecule has 0 spiro atoms. The minimum absolute atomic E-state index is 0.0576. The highest BCUT2D eigenvalue weighted by Gasteiger charge is 2.14. The monoisotopic (exact) mass is 214 g/mol. The maximum atomic E-state index is 11.2. The van der Waals surface area contributed by atoms with Crippen LogP contribution in [-0.2, 0) is 11.4 Å². The number of hydrogen-bond donors (Lipinski definition) is 2. The minimum Gasteiger partial charge on any atom is -0.593 e. The summed E-state index contributed by atoms with van der Waals surface area (Å²) in [5.74, 6) is 0. The number of nitrogens with zero attached hydrogens (tertiary/aromatic N) is 1. The van der Waals surface area contributed by atoms with Crippen molar-refractivity contribution in [3.63, 3.8) is 0 Å². The Hall–Kier alpha value is -0.750. The van der Waals surface area contributed by atoms with Crippen LogP contribution in [-0.4, -0.2) is 29.9 Å². The number of rotatable bonds is 4. The van der Waals surface area contributed by atoms with Crippen molar-refractivity contribution in [1.82, 2.24) is 0 Å². The molecule has 78 valence electrons. The normalized spacial score (nSPS) is 12.6. The lowest BCUT2D eigenvalue weighted by atomic mass is 10.3. The van der Waals surface area contributed by atoms with E-state index in [1.165, 1.54) is 0 Å². The summed E-state index contributed by atoms with van der Waals surface area (Å²) in [4.78, 5) is 2.41. The molecule has 3 N–H and O–H groups in total. The van der Waals surface area contributed by atoms with Crippen LogP contribution in [0, 0.1) is 0 Å². The molecule has 0 radical (unpaired) electrons. The second kappa shape index (κ2) is 5.21. The molecule has 0 bridgehead atoms. The number of para-hydroxylation sites is 1. The van der Waals surface area contributed by atoms with E-state index in [0.29, 0.717) is 11.4 Å². The molecule has 0 saturated carbocycles. The van der Waals surface area contributed by atoms with Gasteiger partial charge in [0.25, 0.3) is 0 Å². The molecule has 1 atom stereocenters. The largest absolute Gasteiger partial charge is 0.593 e. The van der Waals surface area contributed by atoms with Crippen molar-refractivity contribution in [2.24, 2.45) is 5.14 Å². The smallest absolute Gasteiger partial charge is 0.196 e. The fourth-order valence-corrected chi connectivity index (χ4v) is 1.86. The summed E-state index contributed by atoms with van der Waals surface area (Å²) in [5.41, 5.74) is 0.794. The first-order valence-electron chi connectivity index (χ1n) is 4.24. The molecule has 1 rings (SSSR count). The maximum Gasteiger partial charge on any atom is 0.196 e. The van der Waals surface area contributed by atoms with Gasteiger partial charge < -0.3 is 14.6 Å². The molecular weight excluding hydrogens is 200 g/mol. The van der Waals surface area contributed by atoms with Crippen molar-refractivity contribution in [3.8, 4) is 0 Å². The molecule has 0 aliphatic heterocycles. The van der Waals surface area contributed by atoms with Gasteiger partial charge in [-0.1, -0.05) is 12.1 Å². The van der Waals surface area contributed by atoms with Crippen LogP contribution in [0.25, 0.3) is 0 Å². The lowest BCUT2D eigenvalue weighted by Gasteiger charge is -2.19. The van der Waals surface area contributed by atoms with Gasteiger partial charge in [-0.25, -0.2) is 0 Å². The fraction of sp³-hybridized carbons (Fsp3) is 0.333. The van der Waals surface area contributed by atoms with Crippen LogP contribution in [0.15, 0.2) is 29.2 Å². The number of nitrogens with two attached hydrogens (primary N) is 1. The Bertz CT molecular complexity index is 294. The van der Waals surface area contributed by atoms with E-state index in [-0.39, 0.29) is 6.61 Å². The zero-order valence-electron chi connectivity index (χ0n) is 8.01. The molecule has 0 fully saturated rings. The summed E-state index contributed by atoms with van der Waals surface area (Å²) in [5, 5.41) is 14.1. The molecule has 1 unspecified atom stereocenters. The lowest BCUT2D eigenvalue weighted by molar-refractivity contribution is 0.304. The third-order valence-corrected chi connectivity index (χ3v) is 2.71. The second-order valence-electron chi connectivity index (χ2n) is 2.91. The van der Waals surface area contributed by atoms with Crippen LogP contribution in [0.2, 0.25) is 0 Å². The third-order valence-electron chi connectivity index (χ3n) is 1.93. The van der Waals surface area contributed by atoms with E-state index >= 15 is 0 Å². The van der Waals surface area contributed by atoms with Gasteiger partial charge >= 0.3 is 0 Å². The Morgan fingerprint density at radius 2 is 2.14 bits per heavy atom. The molecule has 0 saturated heterocycles. The lowest BCUT2D eigenvalue weighted by Crippen LogP contribution is -2.24. The van der Waals surface area contributed by atoms with Crippen molar-refractivity contribution in [2.45, 2.75) is 4.90 Å². The molecule has 1 aromatic rings. The predicted octanol–water partition coefficient (Wildman–Crippen LogP) is 0.0964. The van der Waals surface area contributed by atoms with Crippen LogP contribution in [0.3, 0.4) is 0 Å². The molecule has 0 aliphatic carbocycles. The quantitative estimate of drug-likeness (QED) is 0.697. The van der Waals surface area contributed by atoms with Crippen molar-refractivity contribution < 1.29 is 9.66 Å². The van der Waals surface area contributed by atoms with Crippen LogP contribution >= 0.6 is 0 Å². The van der Waals surface area contributed by atoms with Crippen LogP contribution in [0.1, 0.15) is 0 Å². The molecule has 0 aromatic heterocycles. The van der Waals surface area contributed by atoms with E-state index in [1.807, 2.05) is 24.1 Å². The molecular formula is C9H14N2O2S. The standard InChI is InChI=1S/C9H14N2O2S/c1-11(6-7-12)8-4-2-3-5-9(8)14(10)13/h2-5,12H,6-7,10H2,1H3. The van der Waals surface area contributed by atoms with E-state index in [0.717, 1.165) is 5.69 Å². The number of likely N-dealkylation sites (N-methyl/N-ethyl adjacent to an activating group) is 1. The first-order chi connectivity index (χ1) is 6.66. The van der Waals surface area contributed by atoms with Gasteiger partial charge in [-0.2, -0.15) is 0 Å². The maximum absolute atomic E-state index is 11.2. The number of aliphatic hydroxyl groups is 1. The van der Waals surface area contributed by atoms with Crippen LogP contribution < -0.4 is 10.0 Å². The molecule has 14 heavy (non-hydrogen) atoms. The van der Waals surface area contributed by atoms with Crippen molar-refractivity contribution in [1.29, 1.82) is 0 Å². The Kier molecular flexibility index (Phi) is 4.21. The Labute approximate surface area is 86.6 Å². The zero-order chi connectivity index (χ0) is 10.6. The number of anilines is 1. The van der Waals surface area contributed by atoms with Crippen LogP contribution in [0.4, 0.5) is 5.69 Å². The topological polar surface area (TPSA) is 72.5 Å². The Morgan fingerprint density at radius 1 is 1.50 bits per heavy atom. The summed E-state index contributed by atoms with van der Waals surface area (Å²) < 4.78 is 11.2. The SMILES string of the molecule is CN(CCO)c1ccccc1[S+](N)[O-]. The average molecular weight is 214 g/mol. The predicted molar refractivity (Wildman–Crippen MR) is 57.4 cm³/mol. The van der Waals surface area contributed by atoms with E-state index in [1.54, 1.807) is 12.1 Å². The summed E-state index contributed by atoms with van der Waals surface area (Å²) in [6.45, 7) is 0.552. The minimum atomic E-state index is -1.49. The van der Waals surface area contributed by atoms with Gasteiger partial charge in [-0.05, 0) is 12.1 Å². The molecule has 0 aliphatic rings. The van der Waals surface area contributed by atoms with E-state index in [9.17, 15) is 4.55 Å². The van der Waals surface area contributed by atoms with Crippen molar-refractivity contribution >= 4 is 17.0 Å². The Balaban J connectivity index is 2.94. The molecule has 0 heterocycles. The van der Waals surface area contributed by atoms with Crippen LogP contribution in [0.5, 0.6) is 0 Å². The highest BCUT2D eigenvalue weighted by Crippen LogP contribution is 2.22.